The van der Waals surface area contributed by atoms with E-state index >= 15 is 0 Å². The Morgan fingerprint density at radius 3 is 0.867 bits per heavy atom. The molecule has 0 unspecified atom stereocenters. The van der Waals surface area contributed by atoms with Crippen molar-refractivity contribution in [1.82, 2.24) is 15.0 Å². The number of nitrogens with one attached hydrogen (secondary N) is 3. The van der Waals surface area contributed by atoms with Gasteiger partial charge >= 0.3 is 116 Å². The summed E-state index contributed by atoms with van der Waals surface area (Å²) in [6.07, 6.45) is 0. The van der Waals surface area contributed by atoms with Gasteiger partial charge in [-0.1, -0.05) is 0 Å². The topological polar surface area (TPSA) is 98.6 Å². The van der Waals surface area contributed by atoms with Gasteiger partial charge in [0.2, 0.25) is 0 Å². The number of H-pyrrole nitrogens is 3. The van der Waals surface area contributed by atoms with E-state index in [1.807, 2.05) is 0 Å². The Kier molecular flexibility index (Phi) is 27.4. The molecule has 0 aromatic carbocycles. The second-order valence-electron chi connectivity index (χ2n) is 1.36. The summed E-state index contributed by atoms with van der Waals surface area (Å²) >= 11 is 1.50. The minimum atomic E-state index is -0.802. The van der Waals surface area contributed by atoms with Crippen LogP contribution in [0.5, 0.6) is 0 Å². The van der Waals surface area contributed by atoms with E-state index in [4.69, 9.17) is 24.7 Å². The van der Waals surface area contributed by atoms with Crippen LogP contribution in [0.25, 0.3) is 0 Å². The van der Waals surface area contributed by atoms with Crippen molar-refractivity contribution in [2.24, 2.45) is 0 Å². The zero-order chi connectivity index (χ0) is 12.9. The van der Waals surface area contributed by atoms with E-state index in [0.29, 0.717) is 74.7 Å². The van der Waals surface area contributed by atoms with Gasteiger partial charge in [-0.05, 0) is 0 Å². The molecule has 0 bridgehead atoms. The summed E-state index contributed by atoms with van der Waals surface area (Å²) in [4.78, 5) is 35.9. The SMILES string of the molecule is O=c1[nH]c(=O)[nH]c(=O)[nH]1.[Cl][Hg].[Cl][Hg].[Cl][Hg]. The van der Waals surface area contributed by atoms with Crippen LogP contribution in [0.2, 0.25) is 0 Å². The maximum atomic E-state index is 10.2. The van der Waals surface area contributed by atoms with E-state index in [1.165, 1.54) is 0 Å². The first-order chi connectivity index (χ1) is 7.18. The molecular weight excluding hydrogens is 834 g/mol. The van der Waals surface area contributed by atoms with Gasteiger partial charge in [-0.3, -0.25) is 15.0 Å². The van der Waals surface area contributed by atoms with Gasteiger partial charge in [0.15, 0.2) is 0 Å². The van der Waals surface area contributed by atoms with Crippen molar-refractivity contribution in [3.63, 3.8) is 0 Å². The summed E-state index contributed by atoms with van der Waals surface area (Å²) in [6, 6.07) is 0. The van der Waals surface area contributed by atoms with Crippen LogP contribution in [0.4, 0.5) is 0 Å². The van der Waals surface area contributed by atoms with Gasteiger partial charge in [0, 0.05) is 0 Å². The molecule has 1 heterocycles. The van der Waals surface area contributed by atoms with Crippen LogP contribution in [-0.4, -0.2) is 15.0 Å². The molecule has 0 saturated carbocycles. The van der Waals surface area contributed by atoms with E-state index < -0.39 is 17.1 Å². The Morgan fingerprint density at radius 2 is 0.733 bits per heavy atom. The van der Waals surface area contributed by atoms with Crippen LogP contribution in [0.15, 0.2) is 14.4 Å². The van der Waals surface area contributed by atoms with Crippen LogP contribution in [0.1, 0.15) is 0 Å². The molecule has 0 aliphatic rings. The van der Waals surface area contributed by atoms with Crippen LogP contribution >= 0.6 is 24.7 Å². The van der Waals surface area contributed by atoms with Gasteiger partial charge in [0.25, 0.3) is 0 Å². The van der Waals surface area contributed by atoms with Gasteiger partial charge in [-0.25, -0.2) is 14.4 Å². The van der Waals surface area contributed by atoms with E-state index in [9.17, 15) is 14.4 Å². The standard InChI is InChI=1S/C3H3N3O3.3ClH.3Hg/c7-1-4-2(8)6-3(9)5-1;;;;;;/h(H3,4,5,6,7,8,9);3*1H;;;/q;;;;3*+1/p-3. The van der Waals surface area contributed by atoms with Crippen molar-refractivity contribution in [2.45, 2.75) is 0 Å². The van der Waals surface area contributed by atoms with Crippen LogP contribution < -0.4 is 17.1 Å². The van der Waals surface area contributed by atoms with Gasteiger partial charge in [-0.15, -0.1) is 0 Å². The molecule has 1 aromatic rings. The van der Waals surface area contributed by atoms with Gasteiger partial charge in [0.05, 0.1) is 0 Å². The van der Waals surface area contributed by atoms with Crippen molar-refractivity contribution in [3.05, 3.63) is 31.5 Å². The fourth-order valence-corrected chi connectivity index (χ4v) is 0.403. The monoisotopic (exact) mass is 840 g/mol. The first-order valence-corrected chi connectivity index (χ1v) is 23.2. The molecule has 0 atom stereocenters. The minimum absolute atomic E-state index is 0.500. The van der Waals surface area contributed by atoms with Crippen LogP contribution in [0, 0.1) is 0 Å². The molecule has 0 aliphatic carbocycles. The van der Waals surface area contributed by atoms with Gasteiger partial charge < -0.3 is 0 Å². The second kappa shape index (κ2) is 18.5. The summed E-state index contributed by atoms with van der Waals surface area (Å²) < 4.78 is 0. The molecule has 1 rings (SSSR count). The first-order valence-electron chi connectivity index (χ1n) is 2.91. The fraction of sp³-hybridized carbons (Fsp3) is 0. The Bertz CT molecular complexity index is 297. The number of hydrogen-bond donors (Lipinski definition) is 3. The zero-order valence-corrected chi connectivity index (χ0v) is 26.2. The molecule has 0 amide bonds. The summed E-state index contributed by atoms with van der Waals surface area (Å²) in [5, 5.41) is 0. The number of aromatic nitrogens is 3. The number of hydrogen-bond acceptors (Lipinski definition) is 3. The van der Waals surface area contributed by atoms with Crippen molar-refractivity contribution in [1.29, 1.82) is 0 Å². The van der Waals surface area contributed by atoms with Crippen molar-refractivity contribution in [3.8, 4) is 0 Å². The predicted octanol–water partition coefficient (Wildman–Crippen LogP) is -0.187. The maximum absolute atomic E-state index is 10.2. The zero-order valence-electron chi connectivity index (χ0n) is 7.48. The molecule has 3 N–H and O–H groups in total. The third-order valence-electron chi connectivity index (χ3n) is 0.681. The number of halogens is 3. The molecule has 0 aliphatic heterocycles. The summed E-state index contributed by atoms with van der Waals surface area (Å²) in [5.74, 6) is 0. The molecule has 12 heteroatoms. The third-order valence-corrected chi connectivity index (χ3v) is 0.681. The average molecular weight is 837 g/mol. The van der Waals surface area contributed by atoms with Gasteiger partial charge in [-0.2, -0.15) is 0 Å². The second-order valence-corrected chi connectivity index (χ2v) is 1.36. The van der Waals surface area contributed by atoms with E-state index in [1.54, 1.807) is 15.0 Å². The summed E-state index contributed by atoms with van der Waals surface area (Å²) in [5.41, 5.74) is -2.41. The molecule has 0 saturated heterocycles. The fourth-order valence-electron chi connectivity index (χ4n) is 0.403. The van der Waals surface area contributed by atoms with Crippen LogP contribution in [0.3, 0.4) is 0 Å². The van der Waals surface area contributed by atoms with E-state index in [2.05, 4.69) is 0 Å². The quantitative estimate of drug-likeness (QED) is 0.317. The molecular formula is C3H3Cl3Hg3N3O3. The molecule has 0 radical (unpaired) electrons. The Labute approximate surface area is 143 Å². The molecule has 6 nitrogen and oxygen atoms in total. The Balaban J connectivity index is -0.000000208. The van der Waals surface area contributed by atoms with Crippen molar-refractivity contribution >= 4 is 24.7 Å². The number of aromatic amines is 3. The molecule has 1 aromatic heterocycles. The average Bonchev–Trinajstić information content (AvgIpc) is 2.24. The third kappa shape index (κ3) is 16.1. The van der Waals surface area contributed by atoms with Crippen molar-refractivity contribution < 1.29 is 74.7 Å². The summed E-state index contributed by atoms with van der Waals surface area (Å²) in [6.45, 7) is 0. The van der Waals surface area contributed by atoms with Gasteiger partial charge in [0.1, 0.15) is 0 Å². The molecule has 0 spiro atoms. The molecule has 15 heavy (non-hydrogen) atoms. The normalized spacial score (nSPS) is 7.00. The Hall–Kier alpha value is 2.09. The van der Waals surface area contributed by atoms with E-state index in [-0.39, 0.29) is 0 Å². The predicted molar refractivity (Wildman–Crippen MR) is 45.9 cm³/mol. The summed E-state index contributed by atoms with van der Waals surface area (Å²) in [7, 11) is 14.5. The van der Waals surface area contributed by atoms with Crippen LogP contribution in [-0.2, 0) is 74.7 Å². The molecule has 75 valence electrons. The molecule has 0 fully saturated rings. The van der Waals surface area contributed by atoms with Crippen molar-refractivity contribution in [2.75, 3.05) is 0 Å². The first kappa shape index (κ1) is 22.3. The number of rotatable bonds is 0. The van der Waals surface area contributed by atoms with E-state index in [0.717, 1.165) is 0 Å². The Morgan fingerprint density at radius 1 is 0.600 bits per heavy atom.